The van der Waals surface area contributed by atoms with Gasteiger partial charge in [0.1, 0.15) is 5.75 Å². The molecule has 4 atom stereocenters. The Balaban J connectivity index is 1.17. The summed E-state index contributed by atoms with van der Waals surface area (Å²) in [7, 11) is 0.510. The number of nitrogens with zero attached hydrogens (tertiary/aromatic N) is 3. The normalized spacial score (nSPS) is 26.1. The zero-order valence-electron chi connectivity index (χ0n) is 29.6. The third kappa shape index (κ3) is 6.01. The maximum absolute atomic E-state index is 14.9. The highest BCUT2D eigenvalue weighted by atomic mass is 35.5. The molecule has 0 radical (unpaired) electrons. The number of methoxy groups -OCH3 is 1. The van der Waals surface area contributed by atoms with Gasteiger partial charge < -0.3 is 14.5 Å². The van der Waals surface area contributed by atoms with E-state index in [2.05, 4.69) is 38.8 Å². The minimum absolute atomic E-state index is 0.000871. The van der Waals surface area contributed by atoms with E-state index in [1.54, 1.807) is 13.2 Å². The van der Waals surface area contributed by atoms with E-state index in [0.717, 1.165) is 52.9 Å². The van der Waals surface area contributed by atoms with Crippen LogP contribution in [-0.4, -0.2) is 70.3 Å². The summed E-state index contributed by atoms with van der Waals surface area (Å²) in [6, 6.07) is 20.2. The zero-order valence-corrected chi connectivity index (χ0v) is 31.2. The Labute approximate surface area is 306 Å². The second-order valence-electron chi connectivity index (χ2n) is 15.5. The average molecular weight is 731 g/mol. The number of amides is 2. The summed E-state index contributed by atoms with van der Waals surface area (Å²) in [5.41, 5.74) is 5.53. The Bertz CT molecular complexity index is 1960. The van der Waals surface area contributed by atoms with Crippen LogP contribution < -0.4 is 14.4 Å². The topological polar surface area (TPSA) is 99.3 Å². The maximum Gasteiger partial charge on any atom is 0.303 e. The van der Waals surface area contributed by atoms with E-state index in [-0.39, 0.29) is 23.8 Å². The Hall–Kier alpha value is -3.60. The molecule has 1 N–H and O–H groups in total. The lowest BCUT2D eigenvalue weighted by molar-refractivity contribution is -0.138. The summed E-state index contributed by atoms with van der Waals surface area (Å²) in [4.78, 5) is 32.9. The third-order valence-corrected chi connectivity index (χ3v) is 14.2. The predicted molar refractivity (Wildman–Crippen MR) is 199 cm³/mol. The van der Waals surface area contributed by atoms with Gasteiger partial charge >= 0.3 is 10.2 Å². The summed E-state index contributed by atoms with van der Waals surface area (Å²) in [5, 5.41) is 0.731. The number of hydrogen-bond donors (Lipinski definition) is 1. The number of fused-ring (bicyclic) bond motifs is 7. The molecule has 8 rings (SSSR count). The molecule has 3 aliphatic heterocycles. The molecule has 2 aliphatic carbocycles. The summed E-state index contributed by atoms with van der Waals surface area (Å²) in [6.07, 6.45) is 8.48. The van der Waals surface area contributed by atoms with Crippen molar-refractivity contribution < 1.29 is 22.7 Å². The molecule has 3 fully saturated rings. The van der Waals surface area contributed by atoms with E-state index < -0.39 is 21.5 Å². The highest BCUT2D eigenvalue weighted by Crippen LogP contribution is 2.68. The van der Waals surface area contributed by atoms with E-state index in [9.17, 15) is 18.0 Å². The highest BCUT2D eigenvalue weighted by molar-refractivity contribution is 7.87. The number of likely N-dealkylation sites (tertiary alicyclic amines) is 1. The molecule has 0 spiro atoms. The van der Waals surface area contributed by atoms with Crippen molar-refractivity contribution >= 4 is 39.3 Å². The molecule has 4 unspecified atom stereocenters. The Morgan fingerprint density at radius 3 is 2.29 bits per heavy atom. The van der Waals surface area contributed by atoms with Crippen LogP contribution in [0.1, 0.15) is 108 Å². The number of ether oxygens (including phenoxy) is 1. The SMILES string of the molecule is COc1ccc2c(c1)C1CC1(C(=O)N1CCC(c3ccc(Cl)cc3)CC1)CN1c3cc(C(=O)NS(=O)(=O)N(C)C)ccc3C(C3CCCCC3)C21. The Morgan fingerprint density at radius 2 is 1.61 bits per heavy atom. The van der Waals surface area contributed by atoms with Gasteiger partial charge in [0.2, 0.25) is 5.91 Å². The largest absolute Gasteiger partial charge is 0.497 e. The van der Waals surface area contributed by atoms with Crippen LogP contribution in [0.2, 0.25) is 5.02 Å². The third-order valence-electron chi connectivity index (χ3n) is 12.6. The lowest BCUT2D eigenvalue weighted by atomic mass is 9.72. The molecule has 3 aromatic carbocycles. The number of hydrogen-bond acceptors (Lipinski definition) is 6. The molecular weight excluding hydrogens is 684 g/mol. The van der Waals surface area contributed by atoms with Gasteiger partial charge in [-0.1, -0.05) is 55.1 Å². The quantitative estimate of drug-likeness (QED) is 0.281. The molecule has 1 saturated heterocycles. The van der Waals surface area contributed by atoms with Gasteiger partial charge in [-0.05, 0) is 103 Å². The number of piperidine rings is 1. The van der Waals surface area contributed by atoms with E-state index in [4.69, 9.17) is 16.3 Å². The first-order chi connectivity index (χ1) is 24.5. The van der Waals surface area contributed by atoms with Crippen molar-refractivity contribution in [1.82, 2.24) is 13.9 Å². The summed E-state index contributed by atoms with van der Waals surface area (Å²) < 4.78 is 34.2. The van der Waals surface area contributed by atoms with Gasteiger partial charge in [0, 0.05) is 61.8 Å². The molecule has 0 bridgehead atoms. The van der Waals surface area contributed by atoms with Gasteiger partial charge in [-0.3, -0.25) is 9.59 Å². The van der Waals surface area contributed by atoms with Crippen LogP contribution in [0, 0.1) is 11.3 Å². The molecule has 2 saturated carbocycles. The monoisotopic (exact) mass is 730 g/mol. The first-order valence-electron chi connectivity index (χ1n) is 18.4. The number of benzene rings is 3. The van der Waals surface area contributed by atoms with Crippen LogP contribution in [0.3, 0.4) is 0 Å². The van der Waals surface area contributed by atoms with Crippen LogP contribution in [0.5, 0.6) is 5.75 Å². The molecular formula is C40H47ClN4O5S. The second-order valence-corrected chi connectivity index (χ2v) is 17.8. The molecule has 11 heteroatoms. The molecule has 5 aliphatic rings. The first-order valence-corrected chi connectivity index (χ1v) is 20.2. The molecule has 51 heavy (non-hydrogen) atoms. The van der Waals surface area contributed by atoms with Crippen LogP contribution in [-0.2, 0) is 15.0 Å². The van der Waals surface area contributed by atoms with Crippen LogP contribution in [0.15, 0.2) is 60.7 Å². The highest BCUT2D eigenvalue weighted by Gasteiger charge is 2.66. The van der Waals surface area contributed by atoms with Crippen molar-refractivity contribution in [3.8, 4) is 5.75 Å². The zero-order chi connectivity index (χ0) is 35.7. The van der Waals surface area contributed by atoms with Crippen molar-refractivity contribution in [1.29, 1.82) is 0 Å². The van der Waals surface area contributed by atoms with Gasteiger partial charge in [0.25, 0.3) is 5.91 Å². The maximum atomic E-state index is 14.9. The van der Waals surface area contributed by atoms with Gasteiger partial charge in [0.05, 0.1) is 18.6 Å². The number of nitrogens with one attached hydrogen (secondary N) is 1. The van der Waals surface area contributed by atoms with Crippen LogP contribution >= 0.6 is 11.6 Å². The van der Waals surface area contributed by atoms with E-state index in [1.165, 1.54) is 55.6 Å². The van der Waals surface area contributed by atoms with Crippen molar-refractivity contribution in [2.24, 2.45) is 11.3 Å². The Morgan fingerprint density at radius 1 is 0.902 bits per heavy atom. The molecule has 9 nitrogen and oxygen atoms in total. The predicted octanol–water partition coefficient (Wildman–Crippen LogP) is 7.00. The van der Waals surface area contributed by atoms with Crippen molar-refractivity contribution in [3.05, 3.63) is 93.5 Å². The van der Waals surface area contributed by atoms with Gasteiger partial charge in [0.15, 0.2) is 0 Å². The van der Waals surface area contributed by atoms with Crippen LogP contribution in [0.25, 0.3) is 0 Å². The van der Waals surface area contributed by atoms with Crippen LogP contribution in [0.4, 0.5) is 5.69 Å². The first kappa shape index (κ1) is 34.5. The Kier molecular flexibility index (Phi) is 8.87. The van der Waals surface area contributed by atoms with Gasteiger partial charge in [-0.25, -0.2) is 4.72 Å². The van der Waals surface area contributed by atoms with Gasteiger partial charge in [-0.2, -0.15) is 12.7 Å². The minimum Gasteiger partial charge on any atom is -0.497 e. The van der Waals surface area contributed by atoms with Crippen molar-refractivity contribution in [2.45, 2.75) is 75.2 Å². The lowest BCUT2D eigenvalue weighted by Crippen LogP contribution is -2.46. The molecule has 3 heterocycles. The standard InChI is InChI=1S/C40H47ClN4O5S/c1-43(2)51(48,49)42-38(46)28-11-15-32-35(21-28)45-24-40(39(47)44-19-17-26(18-20-44)25-9-12-29(41)13-10-25)23-34(40)33-22-30(50-3)14-16-31(33)37(45)36(32)27-7-5-4-6-8-27/h9-16,21-22,26-27,34,36-37H,4-8,17-20,23-24H2,1-3H3,(H,42,46). The summed E-state index contributed by atoms with van der Waals surface area (Å²) in [6.45, 7) is 1.97. The molecule has 2 amide bonds. The fourth-order valence-electron chi connectivity index (χ4n) is 9.76. The molecule has 0 aromatic heterocycles. The van der Waals surface area contributed by atoms with Crippen molar-refractivity contribution in [2.75, 3.05) is 45.7 Å². The molecule has 270 valence electrons. The fourth-order valence-corrected chi connectivity index (χ4v) is 10.4. The lowest BCUT2D eigenvalue weighted by Gasteiger charge is -2.38. The number of anilines is 1. The number of halogens is 1. The van der Waals surface area contributed by atoms with Crippen molar-refractivity contribution in [3.63, 3.8) is 0 Å². The smallest absolute Gasteiger partial charge is 0.303 e. The minimum atomic E-state index is -3.97. The fraction of sp³-hybridized carbons (Fsp3) is 0.500. The number of carbonyl (C=O) groups is 2. The summed E-state index contributed by atoms with van der Waals surface area (Å²) in [5.74, 6) is 1.46. The van der Waals surface area contributed by atoms with E-state index in [0.29, 0.717) is 37.0 Å². The van der Waals surface area contributed by atoms with E-state index >= 15 is 0 Å². The average Bonchev–Trinajstić information content (AvgIpc) is 3.81. The number of carbonyl (C=O) groups excluding carboxylic acids is 2. The molecule has 3 aromatic rings. The van der Waals surface area contributed by atoms with E-state index in [1.807, 2.05) is 30.3 Å². The summed E-state index contributed by atoms with van der Waals surface area (Å²) >= 11 is 6.16. The second kappa shape index (κ2) is 13.1. The number of rotatable bonds is 7. The van der Waals surface area contributed by atoms with Gasteiger partial charge in [-0.15, -0.1) is 0 Å².